The molecule has 0 aliphatic carbocycles. The van der Waals surface area contributed by atoms with Crippen LogP contribution in [0.1, 0.15) is 25.7 Å². The zero-order chi connectivity index (χ0) is 13.6. The van der Waals surface area contributed by atoms with Gasteiger partial charge in [0.25, 0.3) is 0 Å². The van der Waals surface area contributed by atoms with Crippen molar-refractivity contribution >= 4 is 10.0 Å². The van der Waals surface area contributed by atoms with Gasteiger partial charge in [-0.25, -0.2) is 13.6 Å². The van der Waals surface area contributed by atoms with E-state index < -0.39 is 10.0 Å². The van der Waals surface area contributed by atoms with E-state index in [9.17, 15) is 13.5 Å². The van der Waals surface area contributed by atoms with E-state index in [-0.39, 0.29) is 17.8 Å². The minimum absolute atomic E-state index is 0.0832. The molecule has 18 heavy (non-hydrogen) atoms. The van der Waals surface area contributed by atoms with E-state index >= 15 is 0 Å². The lowest BCUT2D eigenvalue weighted by atomic mass is 9.98. The summed E-state index contributed by atoms with van der Waals surface area (Å²) in [7, 11) is -3.36. The van der Waals surface area contributed by atoms with Crippen molar-refractivity contribution < 1.29 is 13.5 Å². The molecule has 1 heterocycles. The van der Waals surface area contributed by atoms with Crippen molar-refractivity contribution in [3.63, 3.8) is 0 Å². The van der Waals surface area contributed by atoms with Crippen LogP contribution in [0.5, 0.6) is 0 Å². The van der Waals surface area contributed by atoms with Gasteiger partial charge in [-0.15, -0.1) is 6.58 Å². The Labute approximate surface area is 110 Å². The number of likely N-dealkylation sites (tertiary alicyclic amines) is 1. The molecule has 0 aromatic heterocycles. The summed E-state index contributed by atoms with van der Waals surface area (Å²) >= 11 is 0. The zero-order valence-corrected chi connectivity index (χ0v) is 11.6. The number of piperidine rings is 1. The molecule has 1 rings (SSSR count). The van der Waals surface area contributed by atoms with Crippen LogP contribution in [0, 0.1) is 5.92 Å². The Morgan fingerprint density at radius 3 is 2.56 bits per heavy atom. The predicted molar refractivity (Wildman–Crippen MR) is 72.6 cm³/mol. The molecule has 1 aliphatic rings. The highest BCUT2D eigenvalue weighted by molar-refractivity contribution is 7.89. The van der Waals surface area contributed by atoms with Crippen LogP contribution >= 0.6 is 0 Å². The van der Waals surface area contributed by atoms with Crippen molar-refractivity contribution in [2.75, 3.05) is 25.4 Å². The number of nitrogens with zero attached hydrogens (tertiary/aromatic N) is 1. The molecular weight excluding hydrogens is 252 g/mol. The number of sulfonamides is 1. The van der Waals surface area contributed by atoms with E-state index in [1.54, 1.807) is 0 Å². The summed E-state index contributed by atoms with van der Waals surface area (Å²) in [5, 5.41) is 14.8. The van der Waals surface area contributed by atoms with Crippen molar-refractivity contribution in [2.45, 2.75) is 31.8 Å². The summed E-state index contributed by atoms with van der Waals surface area (Å²) in [5.74, 6) is 0.251. The topological polar surface area (TPSA) is 83.6 Å². The van der Waals surface area contributed by atoms with Gasteiger partial charge >= 0.3 is 0 Å². The summed E-state index contributed by atoms with van der Waals surface area (Å²) < 4.78 is 22.0. The molecule has 6 heteroatoms. The van der Waals surface area contributed by atoms with Crippen LogP contribution in [0.4, 0.5) is 0 Å². The van der Waals surface area contributed by atoms with Crippen LogP contribution < -0.4 is 5.14 Å². The number of hydrogen-bond acceptors (Lipinski definition) is 4. The number of hydrogen-bond donors (Lipinski definition) is 2. The largest absolute Gasteiger partial charge is 0.392 e. The number of β-amino-alcohol motifs (C(OH)–C–C–N with tert-alkyl or cyclic N) is 1. The molecule has 0 radical (unpaired) electrons. The van der Waals surface area contributed by atoms with Crippen molar-refractivity contribution in [3.05, 3.63) is 12.7 Å². The lowest BCUT2D eigenvalue weighted by Gasteiger charge is -2.32. The fourth-order valence-corrected chi connectivity index (χ4v) is 3.35. The summed E-state index contributed by atoms with van der Waals surface area (Å²) in [5.41, 5.74) is 0. The van der Waals surface area contributed by atoms with Gasteiger partial charge in [0.2, 0.25) is 10.0 Å². The first-order chi connectivity index (χ1) is 8.40. The Bertz CT molecular complexity index is 348. The maximum atomic E-state index is 11.0. The molecule has 0 aromatic carbocycles. The highest BCUT2D eigenvalue weighted by atomic mass is 32.2. The Kier molecular flexibility index (Phi) is 6.28. The van der Waals surface area contributed by atoms with Crippen LogP contribution in [0.25, 0.3) is 0 Å². The summed E-state index contributed by atoms with van der Waals surface area (Å²) in [6.07, 6.45) is 4.72. The fraction of sp³-hybridized carbons (Fsp3) is 0.833. The number of aliphatic hydroxyl groups excluding tert-OH is 1. The minimum Gasteiger partial charge on any atom is -0.392 e. The molecule has 0 saturated carbocycles. The molecular formula is C12H24N2O3S. The van der Waals surface area contributed by atoms with E-state index in [1.807, 2.05) is 6.08 Å². The first-order valence-corrected chi connectivity index (χ1v) is 8.14. The first-order valence-electron chi connectivity index (χ1n) is 6.42. The van der Waals surface area contributed by atoms with Crippen molar-refractivity contribution in [1.29, 1.82) is 0 Å². The average Bonchev–Trinajstić information content (AvgIpc) is 2.27. The lowest BCUT2D eigenvalue weighted by molar-refractivity contribution is 0.0869. The molecule has 1 saturated heterocycles. The second kappa shape index (κ2) is 7.23. The third-order valence-electron chi connectivity index (χ3n) is 3.35. The quantitative estimate of drug-likeness (QED) is 0.656. The van der Waals surface area contributed by atoms with Crippen LogP contribution in [0.15, 0.2) is 12.7 Å². The van der Waals surface area contributed by atoms with Gasteiger partial charge in [0.1, 0.15) is 0 Å². The van der Waals surface area contributed by atoms with Crippen LogP contribution in [0.3, 0.4) is 0 Å². The molecule has 3 N–H and O–H groups in total. The Morgan fingerprint density at radius 2 is 2.06 bits per heavy atom. The number of aliphatic hydroxyl groups is 1. The van der Waals surface area contributed by atoms with Crippen LogP contribution in [-0.2, 0) is 10.0 Å². The van der Waals surface area contributed by atoms with Gasteiger partial charge in [0.05, 0.1) is 11.9 Å². The Morgan fingerprint density at radius 1 is 1.44 bits per heavy atom. The second-order valence-electron chi connectivity index (χ2n) is 5.09. The molecule has 1 fully saturated rings. The lowest BCUT2D eigenvalue weighted by Crippen LogP contribution is -2.40. The molecule has 0 spiro atoms. The van der Waals surface area contributed by atoms with E-state index in [0.717, 1.165) is 38.8 Å². The van der Waals surface area contributed by atoms with E-state index in [2.05, 4.69) is 11.5 Å². The minimum atomic E-state index is -3.36. The molecule has 1 atom stereocenters. The average molecular weight is 276 g/mol. The van der Waals surface area contributed by atoms with Gasteiger partial charge in [0, 0.05) is 6.54 Å². The molecule has 1 aliphatic heterocycles. The number of primary sulfonamides is 1. The molecule has 1 unspecified atom stereocenters. The fourth-order valence-electron chi connectivity index (χ4n) is 2.36. The van der Waals surface area contributed by atoms with Gasteiger partial charge < -0.3 is 10.0 Å². The third kappa shape index (κ3) is 6.49. The maximum absolute atomic E-state index is 11.0. The third-order valence-corrected chi connectivity index (χ3v) is 4.28. The van der Waals surface area contributed by atoms with Crippen molar-refractivity contribution in [2.24, 2.45) is 11.1 Å². The van der Waals surface area contributed by atoms with Crippen molar-refractivity contribution in [1.82, 2.24) is 4.90 Å². The van der Waals surface area contributed by atoms with Gasteiger partial charge in [-0.05, 0) is 44.7 Å². The second-order valence-corrected chi connectivity index (χ2v) is 6.75. The molecule has 0 bridgehead atoms. The predicted octanol–water partition coefficient (Wildman–Crippen LogP) is 0.314. The van der Waals surface area contributed by atoms with Crippen LogP contribution in [0.2, 0.25) is 0 Å². The maximum Gasteiger partial charge on any atom is 0.209 e. The highest BCUT2D eigenvalue weighted by Gasteiger charge is 2.23. The van der Waals surface area contributed by atoms with E-state index in [1.165, 1.54) is 0 Å². The first kappa shape index (κ1) is 15.6. The summed E-state index contributed by atoms with van der Waals surface area (Å²) in [6.45, 7) is 5.97. The van der Waals surface area contributed by atoms with E-state index in [4.69, 9.17) is 5.14 Å². The summed E-state index contributed by atoms with van der Waals surface area (Å²) in [6, 6.07) is 0. The smallest absolute Gasteiger partial charge is 0.209 e. The van der Waals surface area contributed by atoms with Crippen LogP contribution in [-0.4, -0.2) is 49.9 Å². The standard InChI is InChI=1S/C12H24N2O3S/c1-2-3-4-12(15)9-14-7-5-11(6-8-14)10-18(13,16)17/h2,11-12,15H,1,3-10H2,(H2,13,16,17). The summed E-state index contributed by atoms with van der Waals surface area (Å²) in [4.78, 5) is 2.19. The molecule has 106 valence electrons. The highest BCUT2D eigenvalue weighted by Crippen LogP contribution is 2.18. The number of allylic oxidation sites excluding steroid dienone is 1. The number of nitrogens with two attached hydrogens (primary N) is 1. The van der Waals surface area contributed by atoms with Gasteiger partial charge in [0.15, 0.2) is 0 Å². The van der Waals surface area contributed by atoms with Gasteiger partial charge in [-0.3, -0.25) is 0 Å². The van der Waals surface area contributed by atoms with Crippen molar-refractivity contribution in [3.8, 4) is 0 Å². The number of rotatable bonds is 7. The molecule has 0 amide bonds. The zero-order valence-electron chi connectivity index (χ0n) is 10.8. The molecule has 5 nitrogen and oxygen atoms in total. The Balaban J connectivity index is 2.24. The van der Waals surface area contributed by atoms with Gasteiger partial charge in [-0.1, -0.05) is 6.08 Å². The van der Waals surface area contributed by atoms with Gasteiger partial charge in [-0.2, -0.15) is 0 Å². The SMILES string of the molecule is C=CCCC(O)CN1CCC(CS(N)(=O)=O)CC1. The Hall–Kier alpha value is -0.430. The normalized spacial score (nSPS) is 20.8. The van der Waals surface area contributed by atoms with E-state index in [0.29, 0.717) is 6.54 Å². The monoisotopic (exact) mass is 276 g/mol. The molecule has 0 aromatic rings.